The van der Waals surface area contributed by atoms with Crippen LogP contribution in [0, 0.1) is 0 Å². The third kappa shape index (κ3) is 4.23. The summed E-state index contributed by atoms with van der Waals surface area (Å²) < 4.78 is 0. The Morgan fingerprint density at radius 2 is 1.71 bits per heavy atom. The smallest absolute Gasteiger partial charge is 0.257 e. The molecule has 0 radical (unpaired) electrons. The van der Waals surface area contributed by atoms with Gasteiger partial charge in [0.05, 0.1) is 21.3 Å². The Morgan fingerprint density at radius 3 is 2.33 bits per heavy atom. The molecule has 0 saturated heterocycles. The highest BCUT2D eigenvalue weighted by Gasteiger charge is 2.15. The van der Waals surface area contributed by atoms with E-state index < -0.39 is 0 Å². The molecule has 0 aromatic heterocycles. The van der Waals surface area contributed by atoms with Gasteiger partial charge in [-0.3, -0.25) is 9.59 Å². The van der Waals surface area contributed by atoms with Crippen molar-refractivity contribution in [3.63, 3.8) is 0 Å². The highest BCUT2D eigenvalue weighted by atomic mass is 35.5. The van der Waals surface area contributed by atoms with Gasteiger partial charge in [-0.05, 0) is 42.7 Å². The minimum Gasteiger partial charge on any atom is -0.345 e. The molecular weight excluding hydrogens is 367 g/mol. The van der Waals surface area contributed by atoms with Crippen LogP contribution in [0.25, 0.3) is 0 Å². The Hall–Kier alpha value is -1.69. The van der Waals surface area contributed by atoms with Crippen LogP contribution in [0.5, 0.6) is 0 Å². The Labute approximate surface area is 155 Å². The Kier molecular flexibility index (Phi) is 6.15. The first-order chi connectivity index (χ1) is 11.3. The van der Waals surface area contributed by atoms with E-state index in [1.165, 1.54) is 16.7 Å². The zero-order chi connectivity index (χ0) is 17.9. The summed E-state index contributed by atoms with van der Waals surface area (Å²) in [6, 6.07) is 9.97. The molecule has 0 unspecified atom stereocenters. The Balaban J connectivity index is 2.32. The first kappa shape index (κ1) is 18.6. The average Bonchev–Trinajstić information content (AvgIpc) is 2.56. The maximum Gasteiger partial charge on any atom is 0.257 e. The van der Waals surface area contributed by atoms with Crippen LogP contribution in [-0.4, -0.2) is 37.1 Å². The summed E-state index contributed by atoms with van der Waals surface area (Å²) in [6.07, 6.45) is 1.91. The molecule has 0 heterocycles. The van der Waals surface area contributed by atoms with Gasteiger partial charge < -0.3 is 10.2 Å². The number of hydrogen-bond donors (Lipinski definition) is 1. The molecule has 0 spiro atoms. The molecule has 7 heteroatoms. The fourth-order valence-corrected chi connectivity index (χ4v) is 2.82. The molecule has 2 amide bonds. The quantitative estimate of drug-likeness (QED) is 0.781. The first-order valence-electron chi connectivity index (χ1n) is 6.99. The number of anilines is 1. The van der Waals surface area contributed by atoms with E-state index in [1.54, 1.807) is 44.4 Å². The molecule has 0 bridgehead atoms. The number of nitrogens with one attached hydrogen (secondary N) is 1. The van der Waals surface area contributed by atoms with Crippen molar-refractivity contribution in [3.05, 3.63) is 57.6 Å². The molecule has 0 aliphatic carbocycles. The fourth-order valence-electron chi connectivity index (χ4n) is 2.01. The second-order valence-electron chi connectivity index (χ2n) is 5.19. The van der Waals surface area contributed by atoms with Gasteiger partial charge in [-0.25, -0.2) is 0 Å². The predicted molar refractivity (Wildman–Crippen MR) is 101 cm³/mol. The van der Waals surface area contributed by atoms with Crippen molar-refractivity contribution in [2.24, 2.45) is 0 Å². The van der Waals surface area contributed by atoms with E-state index in [0.717, 1.165) is 4.90 Å². The lowest BCUT2D eigenvalue weighted by atomic mass is 10.1. The molecule has 0 aliphatic rings. The number of nitrogens with zero attached hydrogens (tertiary/aromatic N) is 1. The fraction of sp³-hybridized carbons (Fsp3) is 0.176. The zero-order valence-electron chi connectivity index (χ0n) is 13.4. The third-order valence-electron chi connectivity index (χ3n) is 3.29. The summed E-state index contributed by atoms with van der Waals surface area (Å²) in [5, 5.41) is 3.41. The first-order valence-corrected chi connectivity index (χ1v) is 8.97. The number of benzene rings is 2. The molecule has 0 fully saturated rings. The van der Waals surface area contributed by atoms with Crippen molar-refractivity contribution >= 4 is 52.5 Å². The maximum absolute atomic E-state index is 12.5. The standard InChI is InChI=1S/C17H16Cl2N2O2S/c1-21(2)17(23)10-4-6-14(19)15(8-10)20-16(22)12-9-11(24-3)5-7-13(12)18/h4-9H,1-3H3,(H,20,22). The van der Waals surface area contributed by atoms with Crippen molar-refractivity contribution in [2.75, 3.05) is 25.7 Å². The van der Waals surface area contributed by atoms with E-state index in [0.29, 0.717) is 26.9 Å². The summed E-state index contributed by atoms with van der Waals surface area (Å²) in [4.78, 5) is 26.9. The third-order valence-corrected chi connectivity index (χ3v) is 4.67. The van der Waals surface area contributed by atoms with E-state index in [9.17, 15) is 9.59 Å². The Morgan fingerprint density at radius 1 is 1.04 bits per heavy atom. The molecule has 2 rings (SSSR count). The number of amides is 2. The van der Waals surface area contributed by atoms with Crippen molar-refractivity contribution in [1.82, 2.24) is 4.90 Å². The molecule has 1 N–H and O–H groups in total. The molecule has 0 aliphatic heterocycles. The number of rotatable bonds is 4. The maximum atomic E-state index is 12.5. The van der Waals surface area contributed by atoms with E-state index in [1.807, 2.05) is 12.3 Å². The van der Waals surface area contributed by atoms with Crippen molar-refractivity contribution < 1.29 is 9.59 Å². The number of carbonyl (C=O) groups excluding carboxylic acids is 2. The predicted octanol–water partition coefficient (Wildman–Crippen LogP) is 4.67. The van der Waals surface area contributed by atoms with Gasteiger partial charge in [-0.15, -0.1) is 11.8 Å². The van der Waals surface area contributed by atoms with Crippen LogP contribution >= 0.6 is 35.0 Å². The number of halogens is 2. The SMILES string of the molecule is CSc1ccc(Cl)c(C(=O)Nc2cc(C(=O)N(C)C)ccc2Cl)c1. The van der Waals surface area contributed by atoms with Gasteiger partial charge in [0, 0.05) is 24.6 Å². The van der Waals surface area contributed by atoms with Gasteiger partial charge in [-0.1, -0.05) is 23.2 Å². The van der Waals surface area contributed by atoms with Gasteiger partial charge in [0.15, 0.2) is 0 Å². The topological polar surface area (TPSA) is 49.4 Å². The van der Waals surface area contributed by atoms with Gasteiger partial charge >= 0.3 is 0 Å². The summed E-state index contributed by atoms with van der Waals surface area (Å²) in [5.41, 5.74) is 1.15. The average molecular weight is 383 g/mol. The Bertz CT molecular complexity index is 794. The number of thioether (sulfide) groups is 1. The highest BCUT2D eigenvalue weighted by Crippen LogP contribution is 2.27. The molecule has 126 valence electrons. The molecule has 0 atom stereocenters. The number of hydrogen-bond acceptors (Lipinski definition) is 3. The molecule has 2 aromatic rings. The molecule has 4 nitrogen and oxygen atoms in total. The van der Waals surface area contributed by atoms with E-state index >= 15 is 0 Å². The molecule has 24 heavy (non-hydrogen) atoms. The van der Waals surface area contributed by atoms with Crippen LogP contribution < -0.4 is 5.32 Å². The van der Waals surface area contributed by atoms with Crippen LogP contribution in [-0.2, 0) is 0 Å². The summed E-state index contributed by atoms with van der Waals surface area (Å²) in [6.45, 7) is 0. The second kappa shape index (κ2) is 7.92. The van der Waals surface area contributed by atoms with E-state index in [-0.39, 0.29) is 11.8 Å². The van der Waals surface area contributed by atoms with Gasteiger partial charge in [-0.2, -0.15) is 0 Å². The van der Waals surface area contributed by atoms with Gasteiger partial charge in [0.1, 0.15) is 0 Å². The summed E-state index contributed by atoms with van der Waals surface area (Å²) >= 11 is 13.8. The van der Waals surface area contributed by atoms with Gasteiger partial charge in [0.2, 0.25) is 0 Å². The second-order valence-corrected chi connectivity index (χ2v) is 6.89. The minimum absolute atomic E-state index is 0.176. The van der Waals surface area contributed by atoms with Crippen LogP contribution in [0.3, 0.4) is 0 Å². The lowest BCUT2D eigenvalue weighted by Crippen LogP contribution is -2.22. The molecule has 0 saturated carbocycles. The monoisotopic (exact) mass is 382 g/mol. The molecular formula is C17H16Cl2N2O2S. The van der Waals surface area contributed by atoms with E-state index in [2.05, 4.69) is 5.32 Å². The summed E-state index contributed by atoms with van der Waals surface area (Å²) in [7, 11) is 3.31. The normalized spacial score (nSPS) is 10.4. The van der Waals surface area contributed by atoms with Crippen molar-refractivity contribution in [2.45, 2.75) is 4.90 Å². The summed E-state index contributed by atoms with van der Waals surface area (Å²) in [5.74, 6) is -0.558. The highest BCUT2D eigenvalue weighted by molar-refractivity contribution is 7.98. The minimum atomic E-state index is -0.382. The van der Waals surface area contributed by atoms with Crippen LogP contribution in [0.1, 0.15) is 20.7 Å². The van der Waals surface area contributed by atoms with Crippen LogP contribution in [0.4, 0.5) is 5.69 Å². The lowest BCUT2D eigenvalue weighted by Gasteiger charge is -2.13. The van der Waals surface area contributed by atoms with Crippen molar-refractivity contribution in [1.29, 1.82) is 0 Å². The lowest BCUT2D eigenvalue weighted by molar-refractivity contribution is 0.0827. The van der Waals surface area contributed by atoms with Crippen LogP contribution in [0.2, 0.25) is 10.0 Å². The largest absolute Gasteiger partial charge is 0.345 e. The zero-order valence-corrected chi connectivity index (χ0v) is 15.7. The van der Waals surface area contributed by atoms with Crippen molar-refractivity contribution in [3.8, 4) is 0 Å². The number of carbonyl (C=O) groups is 2. The van der Waals surface area contributed by atoms with Crippen LogP contribution in [0.15, 0.2) is 41.3 Å². The molecule has 2 aromatic carbocycles. The van der Waals surface area contributed by atoms with E-state index in [4.69, 9.17) is 23.2 Å². The van der Waals surface area contributed by atoms with Gasteiger partial charge in [0.25, 0.3) is 11.8 Å².